The molecule has 2 aromatic carbocycles. The molecule has 1 N–H and O–H groups in total. The average molecular weight is 324 g/mol. The predicted molar refractivity (Wildman–Crippen MR) is 77.6 cm³/mol. The van der Waals surface area contributed by atoms with Gasteiger partial charge in [0.15, 0.2) is 0 Å². The van der Waals surface area contributed by atoms with E-state index < -0.39 is 0 Å². The van der Waals surface area contributed by atoms with Crippen LogP contribution in [0, 0.1) is 5.82 Å². The second-order valence-electron chi connectivity index (χ2n) is 4.15. The van der Waals surface area contributed by atoms with Crippen LogP contribution in [0.25, 0.3) is 0 Å². The summed E-state index contributed by atoms with van der Waals surface area (Å²) in [6.07, 6.45) is 0. The SMILES string of the molecule is COc1ccccc1CNCc1ccc(F)cc1Br. The molecule has 0 aliphatic carbocycles. The van der Waals surface area contributed by atoms with Crippen LogP contribution in [0.2, 0.25) is 0 Å². The van der Waals surface area contributed by atoms with Crippen molar-refractivity contribution in [3.05, 3.63) is 63.9 Å². The molecule has 0 radical (unpaired) electrons. The lowest BCUT2D eigenvalue weighted by molar-refractivity contribution is 0.407. The molecule has 0 unspecified atom stereocenters. The molecule has 0 aliphatic rings. The van der Waals surface area contributed by atoms with Crippen LogP contribution in [-0.2, 0) is 13.1 Å². The number of ether oxygens (including phenoxy) is 1. The Morgan fingerprint density at radius 1 is 1.11 bits per heavy atom. The first-order valence-corrected chi connectivity index (χ1v) is 6.76. The number of benzene rings is 2. The van der Waals surface area contributed by atoms with Crippen LogP contribution in [0.5, 0.6) is 5.75 Å². The van der Waals surface area contributed by atoms with Gasteiger partial charge in [-0.2, -0.15) is 0 Å². The van der Waals surface area contributed by atoms with Crippen LogP contribution in [0.1, 0.15) is 11.1 Å². The molecule has 0 saturated carbocycles. The number of rotatable bonds is 5. The second kappa shape index (κ2) is 6.68. The van der Waals surface area contributed by atoms with Crippen LogP contribution in [-0.4, -0.2) is 7.11 Å². The Morgan fingerprint density at radius 3 is 2.58 bits per heavy atom. The summed E-state index contributed by atoms with van der Waals surface area (Å²) in [6, 6.07) is 12.6. The summed E-state index contributed by atoms with van der Waals surface area (Å²) in [5.74, 6) is 0.633. The van der Waals surface area contributed by atoms with Gasteiger partial charge in [0.25, 0.3) is 0 Å². The molecule has 0 bridgehead atoms. The maximum Gasteiger partial charge on any atom is 0.124 e. The number of methoxy groups -OCH3 is 1. The normalized spacial score (nSPS) is 10.5. The largest absolute Gasteiger partial charge is 0.496 e. The summed E-state index contributed by atoms with van der Waals surface area (Å²) in [5.41, 5.74) is 2.12. The van der Waals surface area contributed by atoms with Crippen LogP contribution in [0.3, 0.4) is 0 Å². The molecule has 0 aliphatic heterocycles. The van der Waals surface area contributed by atoms with Crippen LogP contribution >= 0.6 is 15.9 Å². The average Bonchev–Trinajstić information content (AvgIpc) is 2.42. The monoisotopic (exact) mass is 323 g/mol. The van der Waals surface area contributed by atoms with Crippen molar-refractivity contribution >= 4 is 15.9 Å². The number of nitrogens with one attached hydrogen (secondary N) is 1. The van der Waals surface area contributed by atoms with Crippen LogP contribution in [0.4, 0.5) is 4.39 Å². The van der Waals surface area contributed by atoms with E-state index in [0.29, 0.717) is 13.1 Å². The van der Waals surface area contributed by atoms with Gasteiger partial charge in [-0.25, -0.2) is 4.39 Å². The molecule has 0 aromatic heterocycles. The van der Waals surface area contributed by atoms with E-state index in [9.17, 15) is 4.39 Å². The molecule has 0 amide bonds. The minimum absolute atomic E-state index is 0.236. The number of para-hydroxylation sites is 1. The highest BCUT2D eigenvalue weighted by atomic mass is 79.9. The summed E-state index contributed by atoms with van der Waals surface area (Å²) < 4.78 is 19.0. The molecule has 2 nitrogen and oxygen atoms in total. The Kier molecular flexibility index (Phi) is 4.93. The molecule has 0 saturated heterocycles. The Labute approximate surface area is 120 Å². The second-order valence-corrected chi connectivity index (χ2v) is 5.01. The van der Waals surface area contributed by atoms with Crippen molar-refractivity contribution in [2.24, 2.45) is 0 Å². The molecule has 0 spiro atoms. The highest BCUT2D eigenvalue weighted by Crippen LogP contribution is 2.19. The van der Waals surface area contributed by atoms with Crippen LogP contribution in [0.15, 0.2) is 46.9 Å². The quantitative estimate of drug-likeness (QED) is 0.901. The lowest BCUT2D eigenvalue weighted by Gasteiger charge is -2.10. The van der Waals surface area contributed by atoms with Gasteiger partial charge in [0, 0.05) is 23.1 Å². The first kappa shape index (κ1) is 14.0. The Balaban J connectivity index is 1.96. The molecule has 0 atom stereocenters. The maximum absolute atomic E-state index is 13.0. The van der Waals surface area contributed by atoms with Crippen molar-refractivity contribution in [1.82, 2.24) is 5.32 Å². The topological polar surface area (TPSA) is 21.3 Å². The molecule has 2 rings (SSSR count). The minimum Gasteiger partial charge on any atom is -0.496 e. The van der Waals surface area contributed by atoms with Gasteiger partial charge in [-0.15, -0.1) is 0 Å². The van der Waals surface area contributed by atoms with Gasteiger partial charge in [-0.05, 0) is 23.8 Å². The van der Waals surface area contributed by atoms with E-state index in [-0.39, 0.29) is 5.82 Å². The van der Waals surface area contributed by atoms with Gasteiger partial charge in [-0.1, -0.05) is 40.2 Å². The van der Waals surface area contributed by atoms with E-state index in [1.54, 1.807) is 13.2 Å². The minimum atomic E-state index is -0.236. The van der Waals surface area contributed by atoms with E-state index in [1.807, 2.05) is 24.3 Å². The Morgan fingerprint density at radius 2 is 1.84 bits per heavy atom. The fraction of sp³-hybridized carbons (Fsp3) is 0.200. The molecule has 0 fully saturated rings. The van der Waals surface area contributed by atoms with Crippen molar-refractivity contribution in [3.8, 4) is 5.75 Å². The number of halogens is 2. The fourth-order valence-corrected chi connectivity index (χ4v) is 2.34. The summed E-state index contributed by atoms with van der Waals surface area (Å²) in [4.78, 5) is 0. The van der Waals surface area contributed by atoms with Crippen molar-refractivity contribution in [3.63, 3.8) is 0 Å². The van der Waals surface area contributed by atoms with Gasteiger partial charge >= 0.3 is 0 Å². The van der Waals surface area contributed by atoms with Gasteiger partial charge in [-0.3, -0.25) is 0 Å². The van der Waals surface area contributed by atoms with E-state index in [0.717, 1.165) is 21.3 Å². The van der Waals surface area contributed by atoms with E-state index in [1.165, 1.54) is 12.1 Å². The zero-order valence-corrected chi connectivity index (χ0v) is 12.2. The number of hydrogen-bond acceptors (Lipinski definition) is 2. The maximum atomic E-state index is 13.0. The first-order valence-electron chi connectivity index (χ1n) is 5.97. The molecule has 2 aromatic rings. The lowest BCUT2D eigenvalue weighted by Crippen LogP contribution is -2.13. The smallest absolute Gasteiger partial charge is 0.124 e. The fourth-order valence-electron chi connectivity index (χ4n) is 1.85. The summed E-state index contributed by atoms with van der Waals surface area (Å²) in [6.45, 7) is 1.37. The van der Waals surface area contributed by atoms with Crippen molar-refractivity contribution in [2.75, 3.05) is 7.11 Å². The Bertz CT molecular complexity index is 560. The highest BCUT2D eigenvalue weighted by Gasteiger charge is 2.03. The lowest BCUT2D eigenvalue weighted by atomic mass is 10.2. The van der Waals surface area contributed by atoms with Gasteiger partial charge < -0.3 is 10.1 Å². The first-order chi connectivity index (χ1) is 9.20. The van der Waals surface area contributed by atoms with Crippen molar-refractivity contribution in [2.45, 2.75) is 13.1 Å². The van der Waals surface area contributed by atoms with E-state index in [2.05, 4.69) is 21.2 Å². The third-order valence-corrected chi connectivity index (χ3v) is 3.58. The predicted octanol–water partition coefficient (Wildman–Crippen LogP) is 3.89. The summed E-state index contributed by atoms with van der Waals surface area (Å²) >= 11 is 3.36. The molecule has 4 heteroatoms. The van der Waals surface area contributed by atoms with Gasteiger partial charge in [0.05, 0.1) is 7.11 Å². The zero-order valence-electron chi connectivity index (χ0n) is 10.6. The van der Waals surface area contributed by atoms with E-state index >= 15 is 0 Å². The zero-order chi connectivity index (χ0) is 13.7. The van der Waals surface area contributed by atoms with Gasteiger partial charge in [0.1, 0.15) is 11.6 Å². The van der Waals surface area contributed by atoms with Crippen molar-refractivity contribution in [1.29, 1.82) is 0 Å². The van der Waals surface area contributed by atoms with E-state index in [4.69, 9.17) is 4.74 Å². The molecule has 19 heavy (non-hydrogen) atoms. The molecular weight excluding hydrogens is 309 g/mol. The highest BCUT2D eigenvalue weighted by molar-refractivity contribution is 9.10. The standard InChI is InChI=1S/C15H15BrFNO/c1-19-15-5-3-2-4-12(15)10-18-9-11-6-7-13(17)8-14(11)16/h2-8,18H,9-10H2,1H3. The summed E-state index contributed by atoms with van der Waals surface area (Å²) in [7, 11) is 1.66. The molecular formula is C15H15BrFNO. The Hall–Kier alpha value is -1.39. The number of hydrogen-bond donors (Lipinski definition) is 1. The molecule has 0 heterocycles. The van der Waals surface area contributed by atoms with Crippen LogP contribution < -0.4 is 10.1 Å². The third kappa shape index (κ3) is 3.78. The molecule has 100 valence electrons. The van der Waals surface area contributed by atoms with Crippen molar-refractivity contribution < 1.29 is 9.13 Å². The van der Waals surface area contributed by atoms with Gasteiger partial charge in [0.2, 0.25) is 0 Å². The third-order valence-electron chi connectivity index (χ3n) is 2.84. The summed E-state index contributed by atoms with van der Waals surface area (Å²) in [5, 5.41) is 3.32.